The molecule has 2 nitrogen and oxygen atoms in total. The predicted octanol–water partition coefficient (Wildman–Crippen LogP) is 3.27. The summed E-state index contributed by atoms with van der Waals surface area (Å²) in [4.78, 5) is 2.61. The molecule has 110 valence electrons. The average Bonchev–Trinajstić information content (AvgIpc) is 2.98. The van der Waals surface area contributed by atoms with E-state index in [0.717, 1.165) is 37.7 Å². The molecular formula is C17H25FN2. The van der Waals surface area contributed by atoms with Gasteiger partial charge in [0, 0.05) is 32.2 Å². The molecule has 1 aromatic carbocycles. The van der Waals surface area contributed by atoms with Crippen LogP contribution in [0, 0.1) is 18.7 Å². The van der Waals surface area contributed by atoms with Crippen molar-refractivity contribution >= 4 is 0 Å². The highest BCUT2D eigenvalue weighted by Crippen LogP contribution is 2.39. The number of aryl methyl sites for hydroxylation is 1. The van der Waals surface area contributed by atoms with Crippen molar-refractivity contribution in [3.05, 3.63) is 35.1 Å². The third-order valence-electron chi connectivity index (χ3n) is 4.91. The lowest BCUT2D eigenvalue weighted by molar-refractivity contribution is 0.125. The third kappa shape index (κ3) is 2.89. The van der Waals surface area contributed by atoms with E-state index in [1.165, 1.54) is 31.2 Å². The molecule has 1 atom stereocenters. The molecule has 20 heavy (non-hydrogen) atoms. The second-order valence-electron chi connectivity index (χ2n) is 6.28. The standard InChI is InChI=1S/C17H25FN2/c1-13-12-15(6-7-16(13)18)17(14-4-2-3-5-14)20-10-8-19-9-11-20/h6-7,12,14,17,19H,2-5,8-11H2,1H3. The van der Waals surface area contributed by atoms with E-state index in [1.807, 2.05) is 13.0 Å². The molecule has 2 aliphatic rings. The van der Waals surface area contributed by atoms with Crippen molar-refractivity contribution in [2.24, 2.45) is 5.92 Å². The summed E-state index contributed by atoms with van der Waals surface area (Å²) in [5.74, 6) is 0.664. The highest BCUT2D eigenvalue weighted by molar-refractivity contribution is 5.27. The summed E-state index contributed by atoms with van der Waals surface area (Å²) in [5.41, 5.74) is 2.10. The van der Waals surface area contributed by atoms with E-state index < -0.39 is 0 Å². The number of halogens is 1. The number of hydrogen-bond donors (Lipinski definition) is 1. The first kappa shape index (κ1) is 14.0. The van der Waals surface area contributed by atoms with Gasteiger partial charge >= 0.3 is 0 Å². The van der Waals surface area contributed by atoms with Gasteiger partial charge in [-0.05, 0) is 42.9 Å². The van der Waals surface area contributed by atoms with Gasteiger partial charge in [0.1, 0.15) is 5.82 Å². The fraction of sp³-hybridized carbons (Fsp3) is 0.647. The molecule has 0 radical (unpaired) electrons. The van der Waals surface area contributed by atoms with Gasteiger partial charge in [-0.3, -0.25) is 4.90 Å². The fourth-order valence-electron chi connectivity index (χ4n) is 3.87. The molecule has 0 aromatic heterocycles. The summed E-state index contributed by atoms with van der Waals surface area (Å²) in [6, 6.07) is 6.21. The summed E-state index contributed by atoms with van der Waals surface area (Å²) in [6.45, 7) is 6.24. The Morgan fingerprint density at radius 2 is 1.90 bits per heavy atom. The molecular weight excluding hydrogens is 251 g/mol. The van der Waals surface area contributed by atoms with Gasteiger partial charge in [0.15, 0.2) is 0 Å². The maximum atomic E-state index is 13.6. The lowest BCUT2D eigenvalue weighted by atomic mass is 9.89. The summed E-state index contributed by atoms with van der Waals surface area (Å²) in [5, 5.41) is 3.43. The minimum Gasteiger partial charge on any atom is -0.314 e. The highest BCUT2D eigenvalue weighted by Gasteiger charge is 2.31. The Morgan fingerprint density at radius 3 is 2.55 bits per heavy atom. The molecule has 0 spiro atoms. The Hall–Kier alpha value is -0.930. The van der Waals surface area contributed by atoms with Gasteiger partial charge in [-0.1, -0.05) is 25.0 Å². The topological polar surface area (TPSA) is 15.3 Å². The van der Waals surface area contributed by atoms with Crippen LogP contribution in [-0.2, 0) is 0 Å². The van der Waals surface area contributed by atoms with Crippen molar-refractivity contribution in [2.45, 2.75) is 38.6 Å². The van der Waals surface area contributed by atoms with Gasteiger partial charge in [-0.15, -0.1) is 0 Å². The number of rotatable bonds is 3. The van der Waals surface area contributed by atoms with Crippen LogP contribution >= 0.6 is 0 Å². The quantitative estimate of drug-likeness (QED) is 0.911. The summed E-state index contributed by atoms with van der Waals surface area (Å²) < 4.78 is 13.6. The molecule has 1 unspecified atom stereocenters. The molecule has 3 rings (SSSR count). The van der Waals surface area contributed by atoms with Crippen LogP contribution in [0.1, 0.15) is 42.9 Å². The number of nitrogens with one attached hydrogen (secondary N) is 1. The van der Waals surface area contributed by atoms with Crippen molar-refractivity contribution in [1.82, 2.24) is 10.2 Å². The Labute approximate surface area is 121 Å². The average molecular weight is 276 g/mol. The maximum Gasteiger partial charge on any atom is 0.126 e. The van der Waals surface area contributed by atoms with E-state index in [1.54, 1.807) is 6.07 Å². The minimum atomic E-state index is -0.0840. The Balaban J connectivity index is 1.88. The largest absolute Gasteiger partial charge is 0.314 e. The van der Waals surface area contributed by atoms with Crippen LogP contribution in [-0.4, -0.2) is 31.1 Å². The number of hydrogen-bond acceptors (Lipinski definition) is 2. The van der Waals surface area contributed by atoms with Gasteiger partial charge in [0.05, 0.1) is 0 Å². The molecule has 1 aliphatic heterocycles. The van der Waals surface area contributed by atoms with E-state index in [9.17, 15) is 4.39 Å². The first-order valence-corrected chi connectivity index (χ1v) is 7.96. The van der Waals surface area contributed by atoms with Gasteiger partial charge in [0.2, 0.25) is 0 Å². The van der Waals surface area contributed by atoms with Crippen LogP contribution in [0.15, 0.2) is 18.2 Å². The smallest absolute Gasteiger partial charge is 0.126 e. The molecule has 1 aromatic rings. The Morgan fingerprint density at radius 1 is 1.20 bits per heavy atom. The zero-order chi connectivity index (χ0) is 13.9. The Kier molecular flexibility index (Phi) is 4.37. The van der Waals surface area contributed by atoms with Gasteiger partial charge in [-0.2, -0.15) is 0 Å². The van der Waals surface area contributed by atoms with E-state index in [4.69, 9.17) is 0 Å². The second-order valence-corrected chi connectivity index (χ2v) is 6.28. The van der Waals surface area contributed by atoms with Crippen LogP contribution in [0.3, 0.4) is 0 Å². The van der Waals surface area contributed by atoms with Crippen molar-refractivity contribution in [2.75, 3.05) is 26.2 Å². The van der Waals surface area contributed by atoms with Gasteiger partial charge in [-0.25, -0.2) is 4.39 Å². The predicted molar refractivity (Wildman–Crippen MR) is 80.3 cm³/mol. The van der Waals surface area contributed by atoms with Crippen LogP contribution < -0.4 is 5.32 Å². The zero-order valence-corrected chi connectivity index (χ0v) is 12.4. The summed E-state index contributed by atoms with van der Waals surface area (Å²) in [7, 11) is 0. The van der Waals surface area contributed by atoms with Crippen LogP contribution in [0.4, 0.5) is 4.39 Å². The minimum absolute atomic E-state index is 0.0840. The van der Waals surface area contributed by atoms with E-state index in [2.05, 4.69) is 16.3 Å². The first-order valence-electron chi connectivity index (χ1n) is 7.96. The van der Waals surface area contributed by atoms with E-state index >= 15 is 0 Å². The van der Waals surface area contributed by atoms with Crippen molar-refractivity contribution in [1.29, 1.82) is 0 Å². The van der Waals surface area contributed by atoms with Crippen LogP contribution in [0.2, 0.25) is 0 Å². The first-order chi connectivity index (χ1) is 9.75. The number of benzene rings is 1. The fourth-order valence-corrected chi connectivity index (χ4v) is 3.87. The van der Waals surface area contributed by atoms with Crippen molar-refractivity contribution in [3.8, 4) is 0 Å². The van der Waals surface area contributed by atoms with Crippen molar-refractivity contribution < 1.29 is 4.39 Å². The highest BCUT2D eigenvalue weighted by atomic mass is 19.1. The lowest BCUT2D eigenvalue weighted by Gasteiger charge is -2.38. The molecule has 1 aliphatic carbocycles. The molecule has 0 amide bonds. The molecule has 0 bridgehead atoms. The summed E-state index contributed by atoms with van der Waals surface area (Å²) >= 11 is 0. The molecule has 1 saturated carbocycles. The number of nitrogens with zero attached hydrogens (tertiary/aromatic N) is 1. The van der Waals surface area contributed by atoms with Gasteiger partial charge < -0.3 is 5.32 Å². The Bertz CT molecular complexity index is 448. The molecule has 1 N–H and O–H groups in total. The monoisotopic (exact) mass is 276 g/mol. The molecule has 1 saturated heterocycles. The third-order valence-corrected chi connectivity index (χ3v) is 4.91. The SMILES string of the molecule is Cc1cc(C(C2CCCC2)N2CCNCC2)ccc1F. The summed E-state index contributed by atoms with van der Waals surface area (Å²) in [6.07, 6.45) is 5.36. The zero-order valence-electron chi connectivity index (χ0n) is 12.4. The lowest BCUT2D eigenvalue weighted by Crippen LogP contribution is -2.46. The van der Waals surface area contributed by atoms with Gasteiger partial charge in [0.25, 0.3) is 0 Å². The van der Waals surface area contributed by atoms with E-state index in [-0.39, 0.29) is 5.82 Å². The second kappa shape index (κ2) is 6.23. The maximum absolute atomic E-state index is 13.6. The normalized spacial score (nSPS) is 23.1. The molecule has 2 fully saturated rings. The van der Waals surface area contributed by atoms with E-state index in [0.29, 0.717) is 6.04 Å². The molecule has 3 heteroatoms. The van der Waals surface area contributed by atoms with Crippen LogP contribution in [0.5, 0.6) is 0 Å². The number of piperazine rings is 1. The molecule has 1 heterocycles. The van der Waals surface area contributed by atoms with Crippen LogP contribution in [0.25, 0.3) is 0 Å². The van der Waals surface area contributed by atoms with Crippen molar-refractivity contribution in [3.63, 3.8) is 0 Å².